The van der Waals surface area contributed by atoms with Gasteiger partial charge in [0.15, 0.2) is 0 Å². The molecule has 0 spiro atoms. The first-order valence-corrected chi connectivity index (χ1v) is 11.5. The van der Waals surface area contributed by atoms with Crippen molar-refractivity contribution in [1.29, 1.82) is 0 Å². The summed E-state index contributed by atoms with van der Waals surface area (Å²) < 4.78 is 0. The summed E-state index contributed by atoms with van der Waals surface area (Å²) in [5.74, 6) is 0. The Labute approximate surface area is 167 Å². The zero-order valence-corrected chi connectivity index (χ0v) is 17.7. The Hall–Kier alpha value is -1.69. The second-order valence-electron chi connectivity index (χ2n) is 5.76. The standard InChI is InChI=1S/C18H15P.C6H11Br/c1-4-10-16(11-5-1)19(17-12-6-2-7-13-17)18-14-8-3-9-15-18;1-2-3-4-5-6-7/h1-15H;4-5H,2-3,6H2,1H3/b;5-4+. The third-order valence-corrected chi connectivity index (χ3v) is 6.57. The molecule has 0 atom stereocenters. The van der Waals surface area contributed by atoms with Crippen molar-refractivity contribution < 1.29 is 0 Å². The zero-order valence-electron chi connectivity index (χ0n) is 15.3. The van der Waals surface area contributed by atoms with Gasteiger partial charge in [0, 0.05) is 5.33 Å². The first kappa shape index (κ1) is 20.6. The maximum absolute atomic E-state index is 3.29. The number of unbranched alkanes of at least 4 members (excludes halogenated alkanes) is 1. The van der Waals surface area contributed by atoms with Crippen LogP contribution in [0, 0.1) is 0 Å². The van der Waals surface area contributed by atoms with Crippen LogP contribution in [0.3, 0.4) is 0 Å². The topological polar surface area (TPSA) is 0 Å². The van der Waals surface area contributed by atoms with E-state index in [4.69, 9.17) is 0 Å². The molecule has 0 aliphatic rings. The summed E-state index contributed by atoms with van der Waals surface area (Å²) in [6, 6.07) is 32.3. The summed E-state index contributed by atoms with van der Waals surface area (Å²) >= 11 is 3.29. The Morgan fingerprint density at radius 1 is 0.654 bits per heavy atom. The van der Waals surface area contributed by atoms with Crippen LogP contribution >= 0.6 is 23.9 Å². The largest absolute Gasteiger partial charge is 0.0883 e. The lowest BCUT2D eigenvalue weighted by atomic mass is 10.3. The molecule has 0 aliphatic carbocycles. The molecule has 0 bridgehead atoms. The summed E-state index contributed by atoms with van der Waals surface area (Å²) in [6.45, 7) is 2.18. The first-order valence-electron chi connectivity index (χ1n) is 9.03. The van der Waals surface area contributed by atoms with Gasteiger partial charge in [0.2, 0.25) is 0 Å². The molecule has 3 aromatic rings. The van der Waals surface area contributed by atoms with E-state index in [1.807, 2.05) is 0 Å². The summed E-state index contributed by atoms with van der Waals surface area (Å²) in [4.78, 5) is 0. The van der Waals surface area contributed by atoms with Crippen molar-refractivity contribution in [3.05, 3.63) is 103 Å². The highest BCUT2D eigenvalue weighted by Gasteiger charge is 2.14. The van der Waals surface area contributed by atoms with E-state index in [9.17, 15) is 0 Å². The molecule has 0 radical (unpaired) electrons. The number of alkyl halides is 1. The van der Waals surface area contributed by atoms with Gasteiger partial charge in [-0.15, -0.1) is 0 Å². The Bertz CT molecular complexity index is 645. The molecular weight excluding hydrogens is 399 g/mol. The molecular formula is C24H26BrP. The molecule has 2 heteroatoms. The Morgan fingerprint density at radius 2 is 1.04 bits per heavy atom. The highest BCUT2D eigenvalue weighted by molar-refractivity contribution is 9.09. The van der Waals surface area contributed by atoms with Crippen LogP contribution in [-0.4, -0.2) is 5.33 Å². The summed E-state index contributed by atoms with van der Waals surface area (Å²) in [7, 11) is -0.446. The molecule has 3 rings (SSSR count). The smallest absolute Gasteiger partial charge is 0.0212 e. The molecule has 0 nitrogen and oxygen atoms in total. The number of halogens is 1. The third kappa shape index (κ3) is 6.90. The molecule has 0 N–H and O–H groups in total. The zero-order chi connectivity index (χ0) is 18.5. The lowest BCUT2D eigenvalue weighted by Gasteiger charge is -2.18. The minimum absolute atomic E-state index is 0.446. The second-order valence-corrected chi connectivity index (χ2v) is 8.62. The number of benzene rings is 3. The minimum Gasteiger partial charge on any atom is -0.0883 e. The second kappa shape index (κ2) is 12.6. The monoisotopic (exact) mass is 424 g/mol. The van der Waals surface area contributed by atoms with Crippen LogP contribution in [0.25, 0.3) is 0 Å². The highest BCUT2D eigenvalue weighted by Crippen LogP contribution is 2.32. The van der Waals surface area contributed by atoms with Crippen LogP contribution in [0.4, 0.5) is 0 Å². The summed E-state index contributed by atoms with van der Waals surface area (Å²) in [6.07, 6.45) is 6.79. The van der Waals surface area contributed by atoms with E-state index in [1.165, 1.54) is 28.8 Å². The van der Waals surface area contributed by atoms with E-state index >= 15 is 0 Å². The van der Waals surface area contributed by atoms with E-state index in [2.05, 4.69) is 126 Å². The molecule has 0 amide bonds. The molecule has 3 aromatic carbocycles. The molecule has 134 valence electrons. The maximum atomic E-state index is 3.29. The molecule has 0 aromatic heterocycles. The average Bonchev–Trinajstić information content (AvgIpc) is 2.72. The van der Waals surface area contributed by atoms with Crippen molar-refractivity contribution in [2.75, 3.05) is 5.33 Å². The normalized spacial score (nSPS) is 10.6. The Balaban J connectivity index is 0.000000298. The van der Waals surface area contributed by atoms with Gasteiger partial charge in [-0.1, -0.05) is 132 Å². The molecule has 0 heterocycles. The molecule has 26 heavy (non-hydrogen) atoms. The van der Waals surface area contributed by atoms with Gasteiger partial charge in [0.05, 0.1) is 0 Å². The van der Waals surface area contributed by atoms with Gasteiger partial charge >= 0.3 is 0 Å². The fraction of sp³-hybridized carbons (Fsp3) is 0.167. The van der Waals surface area contributed by atoms with Crippen LogP contribution in [0.2, 0.25) is 0 Å². The summed E-state index contributed by atoms with van der Waals surface area (Å²) in [5, 5.41) is 5.19. The molecule has 0 fully saturated rings. The van der Waals surface area contributed by atoms with E-state index < -0.39 is 7.92 Å². The Morgan fingerprint density at radius 3 is 1.35 bits per heavy atom. The quantitative estimate of drug-likeness (QED) is 0.251. The van der Waals surface area contributed by atoms with Gasteiger partial charge in [0.25, 0.3) is 0 Å². The van der Waals surface area contributed by atoms with Crippen molar-refractivity contribution in [1.82, 2.24) is 0 Å². The van der Waals surface area contributed by atoms with Gasteiger partial charge in [-0.05, 0) is 30.3 Å². The van der Waals surface area contributed by atoms with E-state index in [-0.39, 0.29) is 0 Å². The predicted octanol–water partition coefficient (Wildman–Crippen LogP) is 6.18. The molecule has 0 saturated heterocycles. The SMILES string of the molecule is CCC/C=C/CBr.c1ccc(P(c2ccccc2)c2ccccc2)cc1. The number of rotatable bonds is 6. The van der Waals surface area contributed by atoms with Gasteiger partial charge in [0.1, 0.15) is 0 Å². The minimum atomic E-state index is -0.446. The van der Waals surface area contributed by atoms with E-state index in [0.717, 1.165) is 5.33 Å². The van der Waals surface area contributed by atoms with Gasteiger partial charge in [-0.25, -0.2) is 0 Å². The van der Waals surface area contributed by atoms with Crippen LogP contribution < -0.4 is 15.9 Å². The van der Waals surface area contributed by atoms with Crippen molar-refractivity contribution in [2.45, 2.75) is 19.8 Å². The lowest BCUT2D eigenvalue weighted by Crippen LogP contribution is -2.20. The maximum Gasteiger partial charge on any atom is 0.0212 e. The van der Waals surface area contributed by atoms with Crippen LogP contribution in [0.15, 0.2) is 103 Å². The van der Waals surface area contributed by atoms with E-state index in [0.29, 0.717) is 0 Å². The summed E-state index contributed by atoms with van der Waals surface area (Å²) in [5.41, 5.74) is 0. The van der Waals surface area contributed by atoms with Crippen LogP contribution in [0.5, 0.6) is 0 Å². The first-order chi connectivity index (χ1) is 12.9. The van der Waals surface area contributed by atoms with Crippen LogP contribution in [-0.2, 0) is 0 Å². The molecule has 0 saturated carbocycles. The number of allylic oxidation sites excluding steroid dienone is 2. The van der Waals surface area contributed by atoms with Crippen molar-refractivity contribution in [2.24, 2.45) is 0 Å². The molecule has 0 unspecified atom stereocenters. The van der Waals surface area contributed by atoms with Crippen molar-refractivity contribution >= 4 is 39.8 Å². The van der Waals surface area contributed by atoms with Gasteiger partial charge in [-0.3, -0.25) is 0 Å². The van der Waals surface area contributed by atoms with E-state index in [1.54, 1.807) is 0 Å². The Kier molecular flexibility index (Phi) is 10.0. The lowest BCUT2D eigenvalue weighted by molar-refractivity contribution is 0.957. The number of hydrogen-bond acceptors (Lipinski definition) is 0. The fourth-order valence-electron chi connectivity index (χ4n) is 2.53. The van der Waals surface area contributed by atoms with Gasteiger partial charge < -0.3 is 0 Å². The average molecular weight is 425 g/mol. The predicted molar refractivity (Wildman–Crippen MR) is 123 cm³/mol. The third-order valence-electron chi connectivity index (χ3n) is 3.75. The van der Waals surface area contributed by atoms with Crippen molar-refractivity contribution in [3.63, 3.8) is 0 Å². The highest BCUT2D eigenvalue weighted by atomic mass is 79.9. The molecule has 0 aliphatic heterocycles. The fourth-order valence-corrected chi connectivity index (χ4v) is 5.10. The number of hydrogen-bond donors (Lipinski definition) is 0. The van der Waals surface area contributed by atoms with Gasteiger partial charge in [-0.2, -0.15) is 0 Å². The van der Waals surface area contributed by atoms with Crippen LogP contribution in [0.1, 0.15) is 19.8 Å². The van der Waals surface area contributed by atoms with Crippen molar-refractivity contribution in [3.8, 4) is 0 Å².